The van der Waals surface area contributed by atoms with Gasteiger partial charge in [0.1, 0.15) is 13.2 Å². The van der Waals surface area contributed by atoms with Crippen LogP contribution < -0.4 is 0 Å². The fraction of sp³-hybridized carbons (Fsp3) is 0.706. The lowest BCUT2D eigenvalue weighted by Gasteiger charge is -2.36. The lowest BCUT2D eigenvalue weighted by atomic mass is 9.71. The third kappa shape index (κ3) is 8.03. The minimum absolute atomic E-state index is 0.0855. The summed E-state index contributed by atoms with van der Waals surface area (Å²) in [5.41, 5.74) is 0.293. The Labute approximate surface area is 124 Å². The molecule has 3 nitrogen and oxygen atoms in total. The van der Waals surface area contributed by atoms with E-state index >= 15 is 0 Å². The largest absolute Gasteiger partial charge is 0.495 e. The van der Waals surface area contributed by atoms with Crippen LogP contribution in [0, 0.1) is 16.7 Å². The van der Waals surface area contributed by atoms with Gasteiger partial charge in [-0.25, -0.2) is 4.79 Å². The summed E-state index contributed by atoms with van der Waals surface area (Å²) >= 11 is 0. The first kappa shape index (κ1) is 18.8. The molecule has 0 aliphatic carbocycles. The first-order valence-electron chi connectivity index (χ1n) is 7.08. The van der Waals surface area contributed by atoms with Gasteiger partial charge in [-0.15, -0.1) is 0 Å². The van der Waals surface area contributed by atoms with E-state index in [0.29, 0.717) is 6.61 Å². The highest BCUT2D eigenvalue weighted by Crippen LogP contribution is 2.40. The van der Waals surface area contributed by atoms with E-state index < -0.39 is 5.97 Å². The van der Waals surface area contributed by atoms with Gasteiger partial charge in [-0.1, -0.05) is 54.7 Å². The molecule has 3 heteroatoms. The Bertz CT molecular complexity index is 342. The van der Waals surface area contributed by atoms with Gasteiger partial charge < -0.3 is 9.47 Å². The van der Waals surface area contributed by atoms with E-state index in [1.165, 1.54) is 0 Å². The first-order valence-corrected chi connectivity index (χ1v) is 7.08. The molecule has 20 heavy (non-hydrogen) atoms. The predicted molar refractivity (Wildman–Crippen MR) is 83.3 cm³/mol. The molecule has 0 amide bonds. The minimum atomic E-state index is -0.429. The molecule has 0 saturated carbocycles. The van der Waals surface area contributed by atoms with Gasteiger partial charge in [0, 0.05) is 12.0 Å². The van der Waals surface area contributed by atoms with E-state index in [1.54, 1.807) is 0 Å². The van der Waals surface area contributed by atoms with Gasteiger partial charge in [0.25, 0.3) is 0 Å². The maximum absolute atomic E-state index is 10.9. The number of carbonyl (C=O) groups is 1. The Morgan fingerprint density at radius 1 is 1.10 bits per heavy atom. The molecule has 0 aliphatic heterocycles. The second-order valence-electron chi connectivity index (χ2n) is 7.37. The van der Waals surface area contributed by atoms with Gasteiger partial charge >= 0.3 is 5.97 Å². The molecule has 0 bridgehead atoms. The summed E-state index contributed by atoms with van der Waals surface area (Å²) in [5.74, 6) is 0.598. The Hall–Kier alpha value is -1.25. The summed E-state index contributed by atoms with van der Waals surface area (Å²) in [4.78, 5) is 10.9. The number of hydrogen-bond acceptors (Lipinski definition) is 3. The van der Waals surface area contributed by atoms with Crippen molar-refractivity contribution in [1.82, 2.24) is 0 Å². The normalized spacial score (nSPS) is 13.5. The highest BCUT2D eigenvalue weighted by atomic mass is 16.6. The van der Waals surface area contributed by atoms with Gasteiger partial charge in [0.2, 0.25) is 0 Å². The average Bonchev–Trinajstić information content (AvgIpc) is 2.28. The van der Waals surface area contributed by atoms with Crippen LogP contribution in [0.2, 0.25) is 0 Å². The number of ether oxygens (including phenoxy) is 2. The Morgan fingerprint density at radius 2 is 1.60 bits per heavy atom. The SMILES string of the molecule is C=CC(=O)OCCOC(=C)C(CC(C)(C)C)C(C)(C)C. The molecule has 0 radical (unpaired) electrons. The van der Waals surface area contributed by atoms with Crippen molar-refractivity contribution in [3.63, 3.8) is 0 Å². The molecule has 116 valence electrons. The van der Waals surface area contributed by atoms with Crippen LogP contribution >= 0.6 is 0 Å². The summed E-state index contributed by atoms with van der Waals surface area (Å²) < 4.78 is 10.6. The Balaban J connectivity index is 4.43. The highest BCUT2D eigenvalue weighted by molar-refractivity contribution is 5.81. The van der Waals surface area contributed by atoms with Crippen LogP contribution in [0.5, 0.6) is 0 Å². The molecular weight excluding hydrogens is 252 g/mol. The number of allylic oxidation sites excluding steroid dienone is 1. The van der Waals surface area contributed by atoms with Crippen molar-refractivity contribution in [2.75, 3.05) is 13.2 Å². The second-order valence-corrected chi connectivity index (χ2v) is 7.37. The smallest absolute Gasteiger partial charge is 0.330 e. The van der Waals surface area contributed by atoms with Crippen LogP contribution in [0.25, 0.3) is 0 Å². The highest BCUT2D eigenvalue weighted by Gasteiger charge is 2.32. The molecule has 1 atom stereocenters. The quantitative estimate of drug-likeness (QED) is 0.301. The van der Waals surface area contributed by atoms with E-state index in [4.69, 9.17) is 9.47 Å². The number of esters is 1. The van der Waals surface area contributed by atoms with E-state index in [-0.39, 0.29) is 23.4 Å². The Morgan fingerprint density at radius 3 is 2.00 bits per heavy atom. The summed E-state index contributed by atoms with van der Waals surface area (Å²) in [6.45, 7) is 21.2. The molecule has 1 unspecified atom stereocenters. The van der Waals surface area contributed by atoms with Crippen molar-refractivity contribution < 1.29 is 14.3 Å². The molecule has 0 aromatic rings. The van der Waals surface area contributed by atoms with Crippen LogP contribution in [-0.4, -0.2) is 19.2 Å². The molecule has 0 aromatic carbocycles. The molecule has 0 spiro atoms. The molecule has 0 aromatic heterocycles. The fourth-order valence-corrected chi connectivity index (χ4v) is 1.99. The topological polar surface area (TPSA) is 35.5 Å². The second kappa shape index (κ2) is 7.51. The summed E-state index contributed by atoms with van der Waals surface area (Å²) in [5, 5.41) is 0. The monoisotopic (exact) mass is 282 g/mol. The number of rotatable bonds is 7. The van der Waals surface area contributed by atoms with Crippen LogP contribution in [0.4, 0.5) is 0 Å². The van der Waals surface area contributed by atoms with Crippen molar-refractivity contribution in [2.45, 2.75) is 48.0 Å². The maximum Gasteiger partial charge on any atom is 0.330 e. The lowest BCUT2D eigenvalue weighted by molar-refractivity contribution is -0.139. The van der Waals surface area contributed by atoms with E-state index in [1.807, 2.05) is 0 Å². The molecule has 0 heterocycles. The van der Waals surface area contributed by atoms with Crippen LogP contribution in [-0.2, 0) is 14.3 Å². The minimum Gasteiger partial charge on any atom is -0.495 e. The van der Waals surface area contributed by atoms with Crippen molar-refractivity contribution in [3.05, 3.63) is 25.0 Å². The zero-order valence-corrected chi connectivity index (χ0v) is 13.9. The third-order valence-electron chi connectivity index (χ3n) is 3.03. The lowest BCUT2D eigenvalue weighted by Crippen LogP contribution is -2.28. The van der Waals surface area contributed by atoms with Gasteiger partial charge in [0.05, 0.1) is 5.76 Å². The van der Waals surface area contributed by atoms with Crippen LogP contribution in [0.15, 0.2) is 25.0 Å². The molecule has 0 rings (SSSR count). The van der Waals surface area contributed by atoms with Crippen molar-refractivity contribution >= 4 is 5.97 Å². The molecular formula is C17H30O3. The third-order valence-corrected chi connectivity index (χ3v) is 3.03. The predicted octanol–water partition coefficient (Wildman–Crippen LogP) is 4.34. The van der Waals surface area contributed by atoms with Crippen LogP contribution in [0.1, 0.15) is 48.0 Å². The first-order chi connectivity index (χ1) is 8.97. The number of hydrogen-bond donors (Lipinski definition) is 0. The average molecular weight is 282 g/mol. The standard InChI is InChI=1S/C17H30O3/c1-9-15(18)20-11-10-19-13(2)14(17(6,7)8)12-16(3,4)5/h9,14H,1-2,10-12H2,3-8H3. The summed E-state index contributed by atoms with van der Waals surface area (Å²) in [7, 11) is 0. The van der Waals surface area contributed by atoms with Gasteiger partial charge in [-0.3, -0.25) is 0 Å². The zero-order chi connectivity index (χ0) is 16.0. The van der Waals surface area contributed by atoms with E-state index in [0.717, 1.165) is 18.3 Å². The van der Waals surface area contributed by atoms with Gasteiger partial charge in [0.15, 0.2) is 0 Å². The summed E-state index contributed by atoms with van der Waals surface area (Å²) in [6, 6.07) is 0. The van der Waals surface area contributed by atoms with Crippen molar-refractivity contribution in [3.8, 4) is 0 Å². The van der Waals surface area contributed by atoms with Gasteiger partial charge in [-0.2, -0.15) is 0 Å². The molecule has 0 aliphatic rings. The zero-order valence-electron chi connectivity index (χ0n) is 13.9. The summed E-state index contributed by atoms with van der Waals surface area (Å²) in [6.07, 6.45) is 2.15. The molecule has 0 N–H and O–H groups in total. The molecule has 0 fully saturated rings. The number of carbonyl (C=O) groups excluding carboxylic acids is 1. The molecule has 0 saturated heterocycles. The van der Waals surface area contributed by atoms with Crippen LogP contribution in [0.3, 0.4) is 0 Å². The van der Waals surface area contributed by atoms with E-state index in [2.05, 4.69) is 54.7 Å². The van der Waals surface area contributed by atoms with Gasteiger partial charge in [-0.05, 0) is 17.3 Å². The van der Waals surface area contributed by atoms with E-state index in [9.17, 15) is 4.79 Å². The maximum atomic E-state index is 10.9. The van der Waals surface area contributed by atoms with Crippen molar-refractivity contribution in [2.24, 2.45) is 16.7 Å². The Kier molecular flexibility index (Phi) is 7.04. The van der Waals surface area contributed by atoms with Crippen molar-refractivity contribution in [1.29, 1.82) is 0 Å². The fourth-order valence-electron chi connectivity index (χ4n) is 1.99.